The Bertz CT molecular complexity index is 942. The summed E-state index contributed by atoms with van der Waals surface area (Å²) in [5.41, 5.74) is 1.85. The number of aryl methyl sites for hydroxylation is 1. The average molecular weight is 399 g/mol. The molecule has 0 fully saturated rings. The summed E-state index contributed by atoms with van der Waals surface area (Å²) in [6.07, 6.45) is 4.68. The fourth-order valence-corrected chi connectivity index (χ4v) is 2.56. The number of amides is 1. The van der Waals surface area contributed by atoms with Gasteiger partial charge < -0.3 is 10.1 Å². The van der Waals surface area contributed by atoms with Crippen molar-refractivity contribution >= 4 is 29.3 Å². The molecule has 0 saturated heterocycles. The van der Waals surface area contributed by atoms with Gasteiger partial charge in [-0.05, 0) is 43.2 Å². The van der Waals surface area contributed by atoms with E-state index >= 15 is 0 Å². The van der Waals surface area contributed by atoms with Gasteiger partial charge in [-0.1, -0.05) is 29.8 Å². The van der Waals surface area contributed by atoms with Crippen molar-refractivity contribution in [3.8, 4) is 5.69 Å². The minimum Gasteiger partial charge on any atom is -0.453 e. The first kappa shape index (κ1) is 19.6. The van der Waals surface area contributed by atoms with E-state index in [4.69, 9.17) is 16.3 Å². The van der Waals surface area contributed by atoms with Gasteiger partial charge in [-0.3, -0.25) is 9.59 Å². The van der Waals surface area contributed by atoms with E-state index in [2.05, 4.69) is 15.4 Å². The summed E-state index contributed by atoms with van der Waals surface area (Å²) in [6.45, 7) is 1.51. The molecule has 0 saturated carbocycles. The largest absolute Gasteiger partial charge is 0.453 e. The molecule has 1 N–H and O–H groups in total. The number of ether oxygens (including phenoxy) is 1. The van der Waals surface area contributed by atoms with Crippen molar-refractivity contribution < 1.29 is 14.3 Å². The highest BCUT2D eigenvalue weighted by Gasteiger charge is 2.18. The fraction of sp³-hybridized carbons (Fsp3) is 0.200. The second kappa shape index (κ2) is 9.14. The topological polar surface area (TPSA) is 86.1 Å². The third-order valence-electron chi connectivity index (χ3n) is 3.93. The number of hydrogen-bond donors (Lipinski definition) is 1. The molecule has 0 radical (unpaired) electrons. The van der Waals surface area contributed by atoms with Gasteiger partial charge in [0, 0.05) is 18.8 Å². The molecule has 0 aliphatic heterocycles. The molecule has 1 atom stereocenters. The van der Waals surface area contributed by atoms with Crippen LogP contribution in [0.4, 0.5) is 5.82 Å². The van der Waals surface area contributed by atoms with Gasteiger partial charge in [0.25, 0.3) is 5.91 Å². The van der Waals surface area contributed by atoms with Crippen molar-refractivity contribution in [3.63, 3.8) is 0 Å². The predicted molar refractivity (Wildman–Crippen MR) is 105 cm³/mol. The third-order valence-corrected chi connectivity index (χ3v) is 4.15. The number of hydrogen-bond acceptors (Lipinski definition) is 5. The lowest BCUT2D eigenvalue weighted by Gasteiger charge is -2.13. The fourth-order valence-electron chi connectivity index (χ4n) is 2.44. The zero-order valence-electron chi connectivity index (χ0n) is 15.2. The maximum atomic E-state index is 12.1. The second-order valence-corrected chi connectivity index (χ2v) is 6.55. The van der Waals surface area contributed by atoms with Gasteiger partial charge in [-0.25, -0.2) is 9.67 Å². The number of carbonyl (C=O) groups is 2. The zero-order valence-corrected chi connectivity index (χ0v) is 16.0. The van der Waals surface area contributed by atoms with E-state index in [-0.39, 0.29) is 6.42 Å². The minimum absolute atomic E-state index is 0.150. The summed E-state index contributed by atoms with van der Waals surface area (Å²) < 4.78 is 6.94. The van der Waals surface area contributed by atoms with Crippen LogP contribution in [0.3, 0.4) is 0 Å². The highest BCUT2D eigenvalue weighted by molar-refractivity contribution is 6.30. The molecule has 0 bridgehead atoms. The minimum atomic E-state index is -0.933. The molecule has 8 heteroatoms. The number of aromatic nitrogens is 3. The van der Waals surface area contributed by atoms with Crippen LogP contribution in [0.25, 0.3) is 5.69 Å². The number of esters is 1. The van der Waals surface area contributed by atoms with Gasteiger partial charge in [-0.2, -0.15) is 5.10 Å². The van der Waals surface area contributed by atoms with Crippen LogP contribution in [0.5, 0.6) is 0 Å². The lowest BCUT2D eigenvalue weighted by Crippen LogP contribution is -2.30. The van der Waals surface area contributed by atoms with Crippen LogP contribution in [0, 0.1) is 0 Å². The van der Waals surface area contributed by atoms with E-state index in [1.807, 2.05) is 36.5 Å². The van der Waals surface area contributed by atoms with Crippen LogP contribution < -0.4 is 5.32 Å². The molecule has 0 aliphatic rings. The van der Waals surface area contributed by atoms with Gasteiger partial charge in [0.1, 0.15) is 5.82 Å². The molecule has 3 aromatic rings. The van der Waals surface area contributed by atoms with Crippen molar-refractivity contribution in [2.45, 2.75) is 25.9 Å². The van der Waals surface area contributed by atoms with E-state index in [1.54, 1.807) is 23.0 Å². The molecule has 3 rings (SSSR count). The van der Waals surface area contributed by atoms with Crippen LogP contribution in [-0.4, -0.2) is 32.7 Å². The van der Waals surface area contributed by atoms with Crippen LogP contribution >= 0.6 is 11.6 Å². The summed E-state index contributed by atoms with van der Waals surface area (Å²) in [5, 5.41) is 7.33. The lowest BCUT2D eigenvalue weighted by atomic mass is 10.2. The monoisotopic (exact) mass is 398 g/mol. The Hall–Kier alpha value is -3.19. The van der Waals surface area contributed by atoms with E-state index in [0.29, 0.717) is 17.3 Å². The third kappa shape index (κ3) is 5.40. The number of nitrogens with one attached hydrogen (secondary N) is 1. The zero-order chi connectivity index (χ0) is 19.9. The Balaban J connectivity index is 1.46. The summed E-state index contributed by atoms with van der Waals surface area (Å²) >= 11 is 5.75. The molecule has 2 aromatic heterocycles. The van der Waals surface area contributed by atoms with E-state index in [0.717, 1.165) is 11.3 Å². The van der Waals surface area contributed by atoms with Crippen molar-refractivity contribution in [3.05, 3.63) is 71.6 Å². The molecule has 0 spiro atoms. The molecule has 1 amide bonds. The standard InChI is InChI=1S/C20H19ClN4O3/c1-14(20(27)24-18-9-8-16(21)12-22-18)28-19(26)10-7-15-11-23-25(13-15)17-5-3-2-4-6-17/h2-6,8-9,11-14H,7,10H2,1H3,(H,22,24,27). The molecule has 1 aromatic carbocycles. The highest BCUT2D eigenvalue weighted by Crippen LogP contribution is 2.12. The maximum absolute atomic E-state index is 12.1. The first-order chi connectivity index (χ1) is 13.5. The summed E-state index contributed by atoms with van der Waals surface area (Å²) in [7, 11) is 0. The first-order valence-electron chi connectivity index (χ1n) is 8.72. The summed E-state index contributed by atoms with van der Waals surface area (Å²) in [6, 6.07) is 12.9. The Kier molecular flexibility index (Phi) is 6.39. The number of benzene rings is 1. The molecule has 1 unspecified atom stereocenters. The van der Waals surface area contributed by atoms with Crippen molar-refractivity contribution in [1.29, 1.82) is 0 Å². The number of rotatable bonds is 7. The van der Waals surface area contributed by atoms with Gasteiger partial charge in [0.15, 0.2) is 6.10 Å². The van der Waals surface area contributed by atoms with Crippen LogP contribution in [0.1, 0.15) is 18.9 Å². The average Bonchev–Trinajstić information content (AvgIpc) is 3.18. The van der Waals surface area contributed by atoms with Crippen LogP contribution in [0.15, 0.2) is 61.1 Å². The number of para-hydroxylation sites is 1. The maximum Gasteiger partial charge on any atom is 0.306 e. The smallest absolute Gasteiger partial charge is 0.306 e. The van der Waals surface area contributed by atoms with Gasteiger partial charge in [-0.15, -0.1) is 0 Å². The van der Waals surface area contributed by atoms with Crippen molar-refractivity contribution in [2.24, 2.45) is 0 Å². The molecule has 0 aliphatic carbocycles. The summed E-state index contributed by atoms with van der Waals surface area (Å²) in [5.74, 6) is -0.579. The number of nitrogens with zero attached hydrogens (tertiary/aromatic N) is 3. The Labute approximate surface area is 167 Å². The van der Waals surface area contributed by atoms with Crippen LogP contribution in [0.2, 0.25) is 5.02 Å². The summed E-state index contributed by atoms with van der Waals surface area (Å²) in [4.78, 5) is 28.1. The number of pyridine rings is 1. The first-order valence-corrected chi connectivity index (χ1v) is 9.10. The molecule has 2 heterocycles. The van der Waals surface area contributed by atoms with E-state index < -0.39 is 18.0 Å². The van der Waals surface area contributed by atoms with Crippen LogP contribution in [-0.2, 0) is 20.7 Å². The van der Waals surface area contributed by atoms with Gasteiger partial charge in [0.05, 0.1) is 16.9 Å². The number of halogens is 1. The van der Waals surface area contributed by atoms with Gasteiger partial charge >= 0.3 is 5.97 Å². The highest BCUT2D eigenvalue weighted by atomic mass is 35.5. The van der Waals surface area contributed by atoms with Crippen molar-refractivity contribution in [1.82, 2.24) is 14.8 Å². The van der Waals surface area contributed by atoms with E-state index in [9.17, 15) is 9.59 Å². The normalized spacial score (nSPS) is 11.6. The number of anilines is 1. The SMILES string of the molecule is CC(OC(=O)CCc1cnn(-c2ccccc2)c1)C(=O)Nc1ccc(Cl)cn1. The van der Waals surface area contributed by atoms with Crippen molar-refractivity contribution in [2.75, 3.05) is 5.32 Å². The van der Waals surface area contributed by atoms with Gasteiger partial charge in [0.2, 0.25) is 0 Å². The Morgan fingerprint density at radius 1 is 1.18 bits per heavy atom. The molecule has 7 nitrogen and oxygen atoms in total. The Morgan fingerprint density at radius 2 is 1.96 bits per heavy atom. The molecule has 144 valence electrons. The number of carbonyl (C=O) groups excluding carboxylic acids is 2. The Morgan fingerprint density at radius 3 is 2.68 bits per heavy atom. The molecular formula is C20H19ClN4O3. The molecule has 28 heavy (non-hydrogen) atoms. The lowest BCUT2D eigenvalue weighted by molar-refractivity contribution is -0.153. The second-order valence-electron chi connectivity index (χ2n) is 6.11. The quantitative estimate of drug-likeness (QED) is 0.616. The predicted octanol–water partition coefficient (Wildman–Crippen LogP) is 3.42. The van der Waals surface area contributed by atoms with E-state index in [1.165, 1.54) is 13.1 Å². The molecular weight excluding hydrogens is 380 g/mol.